The molecule has 0 aliphatic rings. The van der Waals surface area contributed by atoms with Crippen LogP contribution in [0, 0.1) is 0 Å². The molecule has 0 atom stereocenters. The Kier molecular flexibility index (Phi) is 6.64. The Labute approximate surface area is 180 Å². The Morgan fingerprint density at radius 2 is 1.70 bits per heavy atom. The number of anilines is 1. The first kappa shape index (κ1) is 21.7. The zero-order valence-corrected chi connectivity index (χ0v) is 18.0. The number of methoxy groups -OCH3 is 1. The van der Waals surface area contributed by atoms with Crippen molar-refractivity contribution in [2.24, 2.45) is 0 Å². The molecule has 0 heterocycles. The Bertz CT molecular complexity index is 1150. The topological polar surface area (TPSA) is 72.9 Å². The molecular formula is C22H20ClNO5S. The van der Waals surface area contributed by atoms with E-state index in [-0.39, 0.29) is 17.1 Å². The molecule has 0 spiro atoms. The number of hydrogen-bond acceptors (Lipinski definition) is 5. The van der Waals surface area contributed by atoms with E-state index in [0.717, 1.165) is 9.87 Å². The van der Waals surface area contributed by atoms with E-state index in [0.29, 0.717) is 16.5 Å². The van der Waals surface area contributed by atoms with Crippen LogP contribution in [0.5, 0.6) is 5.75 Å². The molecule has 0 saturated heterocycles. The van der Waals surface area contributed by atoms with Gasteiger partial charge in [0.15, 0.2) is 0 Å². The summed E-state index contributed by atoms with van der Waals surface area (Å²) in [7, 11) is -0.891. The van der Waals surface area contributed by atoms with Crippen molar-refractivity contribution < 1.29 is 22.7 Å². The Hall–Kier alpha value is -3.03. The average molecular weight is 446 g/mol. The molecule has 0 aliphatic carbocycles. The summed E-state index contributed by atoms with van der Waals surface area (Å²) < 4.78 is 37.5. The number of halogens is 1. The summed E-state index contributed by atoms with van der Waals surface area (Å²) in [6.45, 7) is 0.0578. The second-order valence-electron chi connectivity index (χ2n) is 6.40. The zero-order valence-electron chi connectivity index (χ0n) is 16.4. The summed E-state index contributed by atoms with van der Waals surface area (Å²) in [6, 6.07) is 19.3. The van der Waals surface area contributed by atoms with E-state index < -0.39 is 16.0 Å². The SMILES string of the molecule is COc1ccc(COC(=O)c2cccc(S(=O)(=O)N(C)c3cccc(Cl)c3)c2)cc1. The maximum Gasteiger partial charge on any atom is 0.338 e. The number of carbonyl (C=O) groups is 1. The summed E-state index contributed by atoms with van der Waals surface area (Å²) in [4.78, 5) is 12.4. The quantitative estimate of drug-likeness (QED) is 0.499. The van der Waals surface area contributed by atoms with Crippen molar-refractivity contribution in [3.8, 4) is 5.75 Å². The van der Waals surface area contributed by atoms with Gasteiger partial charge < -0.3 is 9.47 Å². The van der Waals surface area contributed by atoms with Crippen LogP contribution in [0.2, 0.25) is 5.02 Å². The van der Waals surface area contributed by atoms with Crippen molar-refractivity contribution in [3.05, 3.63) is 88.9 Å². The van der Waals surface area contributed by atoms with Gasteiger partial charge in [-0.3, -0.25) is 4.31 Å². The predicted octanol–water partition coefficient (Wildman–Crippen LogP) is 4.53. The van der Waals surface area contributed by atoms with Crippen molar-refractivity contribution in [1.82, 2.24) is 0 Å². The summed E-state index contributed by atoms with van der Waals surface area (Å²) in [5, 5.41) is 0.422. The van der Waals surface area contributed by atoms with Gasteiger partial charge in [0.05, 0.1) is 23.3 Å². The fourth-order valence-corrected chi connectivity index (χ4v) is 4.12. The van der Waals surface area contributed by atoms with Crippen LogP contribution in [-0.2, 0) is 21.4 Å². The van der Waals surface area contributed by atoms with Crippen LogP contribution >= 0.6 is 11.6 Å². The van der Waals surface area contributed by atoms with E-state index in [1.54, 1.807) is 55.6 Å². The standard InChI is InChI=1S/C22H20ClNO5S/c1-24(19-7-4-6-18(23)14-19)30(26,27)21-8-3-5-17(13-21)22(25)29-15-16-9-11-20(28-2)12-10-16/h3-14H,15H2,1-2H3. The van der Waals surface area contributed by atoms with E-state index in [1.165, 1.54) is 31.3 Å². The lowest BCUT2D eigenvalue weighted by Gasteiger charge is -2.20. The summed E-state index contributed by atoms with van der Waals surface area (Å²) >= 11 is 5.96. The van der Waals surface area contributed by atoms with Crippen molar-refractivity contribution in [1.29, 1.82) is 0 Å². The summed E-state index contributed by atoms with van der Waals surface area (Å²) in [5.74, 6) is 0.0834. The van der Waals surface area contributed by atoms with Crippen LogP contribution in [0.1, 0.15) is 15.9 Å². The van der Waals surface area contributed by atoms with Gasteiger partial charge in [0.2, 0.25) is 0 Å². The van der Waals surface area contributed by atoms with Gasteiger partial charge in [-0.1, -0.05) is 35.9 Å². The fraction of sp³-hybridized carbons (Fsp3) is 0.136. The molecule has 0 radical (unpaired) electrons. The molecular weight excluding hydrogens is 426 g/mol. The second-order valence-corrected chi connectivity index (χ2v) is 8.81. The van der Waals surface area contributed by atoms with Gasteiger partial charge in [-0.2, -0.15) is 0 Å². The smallest absolute Gasteiger partial charge is 0.338 e. The highest BCUT2D eigenvalue weighted by Crippen LogP contribution is 2.25. The molecule has 156 valence electrons. The minimum absolute atomic E-state index is 0.0242. The number of carbonyl (C=O) groups excluding carboxylic acids is 1. The molecule has 30 heavy (non-hydrogen) atoms. The highest BCUT2D eigenvalue weighted by Gasteiger charge is 2.23. The van der Waals surface area contributed by atoms with Crippen LogP contribution in [0.3, 0.4) is 0 Å². The Morgan fingerprint density at radius 3 is 2.37 bits per heavy atom. The van der Waals surface area contributed by atoms with Crippen LogP contribution in [-0.4, -0.2) is 28.5 Å². The summed E-state index contributed by atoms with van der Waals surface area (Å²) in [5.41, 5.74) is 1.34. The third kappa shape index (κ3) is 4.93. The third-order valence-electron chi connectivity index (χ3n) is 4.43. The first-order valence-electron chi connectivity index (χ1n) is 8.96. The van der Waals surface area contributed by atoms with E-state index >= 15 is 0 Å². The number of hydrogen-bond donors (Lipinski definition) is 0. The normalized spacial score (nSPS) is 11.0. The van der Waals surface area contributed by atoms with E-state index in [1.807, 2.05) is 0 Å². The average Bonchev–Trinajstić information content (AvgIpc) is 2.77. The second kappa shape index (κ2) is 9.19. The highest BCUT2D eigenvalue weighted by molar-refractivity contribution is 7.92. The van der Waals surface area contributed by atoms with E-state index in [9.17, 15) is 13.2 Å². The van der Waals surface area contributed by atoms with Gasteiger partial charge in [-0.05, 0) is 54.1 Å². The lowest BCUT2D eigenvalue weighted by atomic mass is 10.2. The van der Waals surface area contributed by atoms with Gasteiger partial charge in [0.25, 0.3) is 10.0 Å². The van der Waals surface area contributed by atoms with Gasteiger partial charge >= 0.3 is 5.97 Å². The molecule has 3 aromatic carbocycles. The molecule has 0 aliphatic heterocycles. The van der Waals surface area contributed by atoms with Crippen molar-refractivity contribution in [2.45, 2.75) is 11.5 Å². The number of esters is 1. The Balaban J connectivity index is 1.76. The van der Waals surface area contributed by atoms with Gasteiger partial charge in [0.1, 0.15) is 12.4 Å². The van der Waals surface area contributed by atoms with Crippen molar-refractivity contribution in [2.75, 3.05) is 18.5 Å². The molecule has 0 saturated carbocycles. The molecule has 0 fully saturated rings. The van der Waals surface area contributed by atoms with Crippen LogP contribution in [0.25, 0.3) is 0 Å². The lowest BCUT2D eigenvalue weighted by molar-refractivity contribution is 0.0472. The van der Waals surface area contributed by atoms with Gasteiger partial charge in [-0.25, -0.2) is 13.2 Å². The monoisotopic (exact) mass is 445 g/mol. The number of ether oxygens (including phenoxy) is 2. The molecule has 8 heteroatoms. The summed E-state index contributed by atoms with van der Waals surface area (Å²) in [6.07, 6.45) is 0. The van der Waals surface area contributed by atoms with Gasteiger partial charge in [-0.15, -0.1) is 0 Å². The molecule has 0 amide bonds. The van der Waals surface area contributed by atoms with E-state index in [2.05, 4.69) is 0 Å². The number of benzene rings is 3. The predicted molar refractivity (Wildman–Crippen MR) is 116 cm³/mol. The van der Waals surface area contributed by atoms with Gasteiger partial charge in [0, 0.05) is 12.1 Å². The molecule has 3 rings (SSSR count). The van der Waals surface area contributed by atoms with Crippen molar-refractivity contribution in [3.63, 3.8) is 0 Å². The maximum atomic E-state index is 13.0. The Morgan fingerprint density at radius 1 is 1.00 bits per heavy atom. The molecule has 0 aromatic heterocycles. The van der Waals surface area contributed by atoms with Crippen LogP contribution in [0.4, 0.5) is 5.69 Å². The molecule has 0 unspecified atom stereocenters. The zero-order chi connectivity index (χ0) is 21.7. The third-order valence-corrected chi connectivity index (χ3v) is 6.45. The number of nitrogens with zero attached hydrogens (tertiary/aromatic N) is 1. The highest BCUT2D eigenvalue weighted by atomic mass is 35.5. The minimum Gasteiger partial charge on any atom is -0.497 e. The fourth-order valence-electron chi connectivity index (χ4n) is 2.71. The maximum absolute atomic E-state index is 13.0. The molecule has 0 bridgehead atoms. The molecule has 6 nitrogen and oxygen atoms in total. The minimum atomic E-state index is -3.89. The number of rotatable bonds is 7. The molecule has 0 N–H and O–H groups in total. The van der Waals surface area contributed by atoms with E-state index in [4.69, 9.17) is 21.1 Å². The van der Waals surface area contributed by atoms with Crippen LogP contribution < -0.4 is 9.04 Å². The lowest BCUT2D eigenvalue weighted by Crippen LogP contribution is -2.26. The molecule has 3 aromatic rings. The van der Waals surface area contributed by atoms with Crippen molar-refractivity contribution >= 4 is 33.3 Å². The first-order valence-corrected chi connectivity index (χ1v) is 10.8. The van der Waals surface area contributed by atoms with Crippen LogP contribution in [0.15, 0.2) is 77.7 Å². The largest absolute Gasteiger partial charge is 0.497 e. The first-order chi connectivity index (χ1) is 14.3. The number of sulfonamides is 1.